The lowest BCUT2D eigenvalue weighted by Gasteiger charge is -2.04. The number of alkyl halides is 3. The monoisotopic (exact) mass is 170 g/mol. The molecule has 0 bridgehead atoms. The Morgan fingerprint density at radius 1 is 1.42 bits per heavy atom. The quantitative estimate of drug-likeness (QED) is 0.586. The Bertz CT molecular complexity index is 322. The third-order valence-electron chi connectivity index (χ3n) is 1.25. The second-order valence-corrected chi connectivity index (χ2v) is 2.10. The molecule has 0 saturated heterocycles. The van der Waals surface area contributed by atoms with Crippen molar-refractivity contribution in [1.82, 2.24) is 0 Å². The molecular weight excluding hydrogens is 167 g/mol. The van der Waals surface area contributed by atoms with Gasteiger partial charge in [-0.3, -0.25) is 0 Å². The van der Waals surface area contributed by atoms with E-state index in [0.29, 0.717) is 0 Å². The minimum absolute atomic E-state index is 0.107. The molecule has 1 aromatic carbocycles. The number of halogens is 3. The largest absolute Gasteiger partial charge is 0.416 e. The van der Waals surface area contributed by atoms with Gasteiger partial charge in [0.05, 0.1) is 17.2 Å². The van der Waals surface area contributed by atoms with E-state index in [1.807, 2.05) is 0 Å². The lowest BCUT2D eigenvalue weighted by molar-refractivity contribution is -0.137. The molecule has 0 aliphatic carbocycles. The van der Waals surface area contributed by atoms with Gasteiger partial charge in [-0.05, 0) is 12.1 Å². The second kappa shape index (κ2) is 2.86. The zero-order chi connectivity index (χ0) is 9.19. The normalized spacial score (nSPS) is 10.8. The van der Waals surface area contributed by atoms with Crippen LogP contribution in [-0.2, 0) is 6.18 Å². The Labute approximate surface area is 67.1 Å². The molecule has 0 aromatic heterocycles. The van der Waals surface area contributed by atoms with E-state index in [2.05, 4.69) is 6.07 Å². The summed E-state index contributed by atoms with van der Waals surface area (Å²) < 4.78 is 35.9. The van der Waals surface area contributed by atoms with E-state index in [1.54, 1.807) is 6.07 Å². The van der Waals surface area contributed by atoms with Gasteiger partial charge in [-0.1, -0.05) is 6.07 Å². The van der Waals surface area contributed by atoms with Crippen molar-refractivity contribution in [2.24, 2.45) is 0 Å². The van der Waals surface area contributed by atoms with E-state index in [1.165, 1.54) is 0 Å². The predicted octanol–water partition coefficient (Wildman–Crippen LogP) is 2.38. The van der Waals surface area contributed by atoms with Gasteiger partial charge in [0.15, 0.2) is 0 Å². The van der Waals surface area contributed by atoms with Crippen molar-refractivity contribution in [3.05, 3.63) is 35.4 Å². The van der Waals surface area contributed by atoms with E-state index in [9.17, 15) is 13.2 Å². The summed E-state index contributed by atoms with van der Waals surface area (Å²) in [6.07, 6.45) is -4.39. The fraction of sp³-hybridized carbons (Fsp3) is 0.125. The number of nitriles is 1. The lowest BCUT2D eigenvalue weighted by Crippen LogP contribution is -2.04. The van der Waals surface area contributed by atoms with Gasteiger partial charge >= 0.3 is 6.18 Å². The molecule has 0 aliphatic heterocycles. The van der Waals surface area contributed by atoms with Crippen molar-refractivity contribution >= 4 is 0 Å². The maximum atomic E-state index is 12.0. The summed E-state index contributed by atoms with van der Waals surface area (Å²) in [7, 11) is 0. The van der Waals surface area contributed by atoms with Crippen molar-refractivity contribution in [2.45, 2.75) is 6.18 Å². The Kier molecular flexibility index (Phi) is 2.05. The van der Waals surface area contributed by atoms with Crippen LogP contribution in [0.2, 0.25) is 0 Å². The molecule has 0 spiro atoms. The van der Waals surface area contributed by atoms with Crippen LogP contribution in [-0.4, -0.2) is 0 Å². The van der Waals surface area contributed by atoms with Crippen molar-refractivity contribution in [1.29, 1.82) is 5.26 Å². The van der Waals surface area contributed by atoms with Crippen molar-refractivity contribution in [3.63, 3.8) is 0 Å². The van der Waals surface area contributed by atoms with Gasteiger partial charge in [-0.2, -0.15) is 18.4 Å². The van der Waals surface area contributed by atoms with Gasteiger partial charge in [-0.25, -0.2) is 0 Å². The van der Waals surface area contributed by atoms with Crippen LogP contribution in [0, 0.1) is 17.4 Å². The minimum Gasteiger partial charge on any atom is -0.192 e. The summed E-state index contributed by atoms with van der Waals surface area (Å²) >= 11 is 0. The smallest absolute Gasteiger partial charge is 0.192 e. The van der Waals surface area contributed by atoms with Crippen LogP contribution >= 0.6 is 0 Å². The summed E-state index contributed by atoms with van der Waals surface area (Å²) in [6, 6.07) is 6.68. The highest BCUT2D eigenvalue weighted by molar-refractivity contribution is 5.32. The molecule has 1 radical (unpaired) electrons. The van der Waals surface area contributed by atoms with Crippen LogP contribution in [0.15, 0.2) is 18.2 Å². The maximum Gasteiger partial charge on any atom is 0.416 e. The van der Waals surface area contributed by atoms with E-state index in [0.717, 1.165) is 18.2 Å². The average Bonchev–Trinajstić information content (AvgIpc) is 2.03. The molecule has 0 heterocycles. The molecule has 12 heavy (non-hydrogen) atoms. The van der Waals surface area contributed by atoms with Gasteiger partial charge in [-0.15, -0.1) is 0 Å². The van der Waals surface area contributed by atoms with Crippen LogP contribution < -0.4 is 0 Å². The van der Waals surface area contributed by atoms with Crippen molar-refractivity contribution in [2.75, 3.05) is 0 Å². The molecule has 1 nitrogen and oxygen atoms in total. The van der Waals surface area contributed by atoms with Crippen molar-refractivity contribution in [3.8, 4) is 6.07 Å². The fourth-order valence-corrected chi connectivity index (χ4v) is 0.707. The van der Waals surface area contributed by atoms with Crippen LogP contribution in [0.3, 0.4) is 0 Å². The SMILES string of the molecule is N#Cc1[c]ccc(C(F)(F)F)c1. The molecular formula is C8H3F3N. The number of nitrogens with zero attached hydrogens (tertiary/aromatic N) is 1. The van der Waals surface area contributed by atoms with Gasteiger partial charge in [0.2, 0.25) is 0 Å². The molecule has 0 atom stereocenters. The molecule has 0 fully saturated rings. The van der Waals surface area contributed by atoms with E-state index in [-0.39, 0.29) is 5.56 Å². The Hall–Kier alpha value is -1.50. The highest BCUT2D eigenvalue weighted by atomic mass is 19.4. The highest BCUT2D eigenvalue weighted by Gasteiger charge is 2.30. The Balaban J connectivity index is 3.13. The zero-order valence-corrected chi connectivity index (χ0v) is 5.81. The molecule has 1 aromatic rings. The highest BCUT2D eigenvalue weighted by Crippen LogP contribution is 2.29. The first-order valence-electron chi connectivity index (χ1n) is 3.03. The zero-order valence-electron chi connectivity index (χ0n) is 5.81. The number of hydrogen-bond acceptors (Lipinski definition) is 1. The number of rotatable bonds is 0. The van der Waals surface area contributed by atoms with Gasteiger partial charge in [0.25, 0.3) is 0 Å². The molecule has 0 amide bonds. The third kappa shape index (κ3) is 1.76. The summed E-state index contributed by atoms with van der Waals surface area (Å²) in [5.74, 6) is 0. The maximum absolute atomic E-state index is 12.0. The first-order valence-corrected chi connectivity index (χ1v) is 3.03. The van der Waals surface area contributed by atoms with Gasteiger partial charge in [0.1, 0.15) is 0 Å². The average molecular weight is 170 g/mol. The topological polar surface area (TPSA) is 23.8 Å². The molecule has 0 aliphatic rings. The first-order chi connectivity index (χ1) is 5.54. The molecule has 4 heteroatoms. The van der Waals surface area contributed by atoms with E-state index < -0.39 is 11.7 Å². The summed E-state index contributed by atoms with van der Waals surface area (Å²) in [4.78, 5) is 0. The number of benzene rings is 1. The summed E-state index contributed by atoms with van der Waals surface area (Å²) in [6.45, 7) is 0. The van der Waals surface area contributed by atoms with Crippen LogP contribution in [0.5, 0.6) is 0 Å². The van der Waals surface area contributed by atoms with Crippen molar-refractivity contribution < 1.29 is 13.2 Å². The second-order valence-electron chi connectivity index (χ2n) is 2.10. The minimum atomic E-state index is -4.39. The van der Waals surface area contributed by atoms with E-state index in [4.69, 9.17) is 5.26 Å². The van der Waals surface area contributed by atoms with Gasteiger partial charge in [0, 0.05) is 6.07 Å². The summed E-state index contributed by atoms with van der Waals surface area (Å²) in [5.41, 5.74) is -0.928. The first kappa shape index (κ1) is 8.60. The summed E-state index contributed by atoms with van der Waals surface area (Å²) in [5, 5.41) is 8.28. The molecule has 0 unspecified atom stereocenters. The van der Waals surface area contributed by atoms with Gasteiger partial charge < -0.3 is 0 Å². The number of hydrogen-bond donors (Lipinski definition) is 0. The Morgan fingerprint density at radius 3 is 2.58 bits per heavy atom. The van der Waals surface area contributed by atoms with Crippen LogP contribution in [0.1, 0.15) is 11.1 Å². The fourth-order valence-electron chi connectivity index (χ4n) is 0.707. The van der Waals surface area contributed by atoms with E-state index >= 15 is 0 Å². The Morgan fingerprint density at radius 2 is 2.08 bits per heavy atom. The van der Waals surface area contributed by atoms with Crippen LogP contribution in [0.4, 0.5) is 13.2 Å². The third-order valence-corrected chi connectivity index (χ3v) is 1.25. The molecule has 1 rings (SSSR count). The standard InChI is InChI=1S/C8H3F3N/c9-8(10,11)7-3-1-2-6(4-7)5-12/h1,3-4H. The predicted molar refractivity (Wildman–Crippen MR) is 35.0 cm³/mol. The molecule has 61 valence electrons. The van der Waals surface area contributed by atoms with Crippen LogP contribution in [0.25, 0.3) is 0 Å². The molecule has 0 saturated carbocycles. The lowest BCUT2D eigenvalue weighted by atomic mass is 10.1. The molecule has 0 N–H and O–H groups in total.